The minimum absolute atomic E-state index is 0.0426. The lowest BCUT2D eigenvalue weighted by atomic mass is 9.79. The second-order valence-electron chi connectivity index (χ2n) is 12.9. The summed E-state index contributed by atoms with van der Waals surface area (Å²) in [5.41, 5.74) is 6.61. The van der Waals surface area contributed by atoms with Crippen molar-refractivity contribution in [2.24, 2.45) is 5.73 Å². The van der Waals surface area contributed by atoms with Crippen LogP contribution in [0.4, 0.5) is 13.6 Å². The van der Waals surface area contributed by atoms with Gasteiger partial charge >= 0.3 is 6.09 Å². The van der Waals surface area contributed by atoms with Crippen molar-refractivity contribution in [2.45, 2.75) is 76.2 Å². The predicted molar refractivity (Wildman–Crippen MR) is 164 cm³/mol. The highest BCUT2D eigenvalue weighted by Gasteiger charge is 2.54. The highest BCUT2D eigenvalue weighted by Crippen LogP contribution is 2.53. The summed E-state index contributed by atoms with van der Waals surface area (Å²) in [7, 11) is 1.45. The first kappa shape index (κ1) is 30.3. The van der Waals surface area contributed by atoms with Gasteiger partial charge in [0.15, 0.2) is 5.60 Å². The molecule has 2 heterocycles. The van der Waals surface area contributed by atoms with Crippen LogP contribution in [-0.4, -0.2) is 48.2 Å². The molecule has 1 aliphatic carbocycles. The molecule has 6 rings (SSSR count). The molecule has 1 unspecified atom stereocenters. The normalized spacial score (nSPS) is 22.4. The molecule has 10 heteroatoms. The first-order valence-electron chi connectivity index (χ1n) is 14.9. The molecule has 3 atom stereocenters. The van der Waals surface area contributed by atoms with Gasteiger partial charge in [-0.1, -0.05) is 41.9 Å². The summed E-state index contributed by atoms with van der Waals surface area (Å²) in [6.07, 6.45) is 1.70. The number of nitrogens with one attached hydrogen (secondary N) is 1. The molecule has 44 heavy (non-hydrogen) atoms. The average molecular weight is 624 g/mol. The molecule has 0 saturated carbocycles. The lowest BCUT2D eigenvalue weighted by molar-refractivity contribution is -0.0216. The van der Waals surface area contributed by atoms with Crippen molar-refractivity contribution in [2.75, 3.05) is 13.6 Å². The Morgan fingerprint density at radius 1 is 1.11 bits per heavy atom. The minimum atomic E-state index is -1.16. The number of fused-ring (bicyclic) bond motifs is 2. The second-order valence-corrected chi connectivity index (χ2v) is 13.3. The number of hydrogen-bond donors (Lipinski definition) is 2. The van der Waals surface area contributed by atoms with Gasteiger partial charge < -0.3 is 25.4 Å². The van der Waals surface area contributed by atoms with Crippen molar-refractivity contribution in [3.8, 4) is 16.9 Å². The SMILES string of the molecule is CNC(=O)c1cc2c(c(F)c1-c1c(Cl)c(F)cc3c1C[C@](c1ccccc1)([C@@H]1CCCN1C(=O)OC(C)(C)C)O3)CC(N)C2. The lowest BCUT2D eigenvalue weighted by Gasteiger charge is -2.40. The third kappa shape index (κ3) is 5.00. The summed E-state index contributed by atoms with van der Waals surface area (Å²) in [5, 5.41) is 2.28. The van der Waals surface area contributed by atoms with Gasteiger partial charge in [0.2, 0.25) is 0 Å². The van der Waals surface area contributed by atoms with Gasteiger partial charge in [-0.15, -0.1) is 0 Å². The van der Waals surface area contributed by atoms with Gasteiger partial charge in [-0.2, -0.15) is 0 Å². The summed E-state index contributed by atoms with van der Waals surface area (Å²) in [4.78, 5) is 28.3. The van der Waals surface area contributed by atoms with E-state index in [-0.39, 0.29) is 46.3 Å². The third-order valence-electron chi connectivity index (χ3n) is 8.83. The number of nitrogens with two attached hydrogens (primary N) is 1. The summed E-state index contributed by atoms with van der Waals surface area (Å²) < 4.78 is 44.8. The highest BCUT2D eigenvalue weighted by atomic mass is 35.5. The molecule has 3 N–H and O–H groups in total. The number of carbonyl (C=O) groups excluding carboxylic acids is 2. The van der Waals surface area contributed by atoms with Crippen LogP contribution in [-0.2, 0) is 29.6 Å². The number of ether oxygens (including phenoxy) is 2. The fraction of sp³-hybridized carbons (Fsp3) is 0.412. The fourth-order valence-corrected chi connectivity index (χ4v) is 7.30. The first-order valence-corrected chi connectivity index (χ1v) is 15.3. The van der Waals surface area contributed by atoms with Crippen molar-refractivity contribution in [1.29, 1.82) is 0 Å². The molecule has 7 nitrogen and oxygen atoms in total. The molecule has 1 fully saturated rings. The Kier molecular flexibility index (Phi) is 7.61. The van der Waals surface area contributed by atoms with Gasteiger partial charge in [0.05, 0.1) is 16.6 Å². The first-order chi connectivity index (χ1) is 20.8. The van der Waals surface area contributed by atoms with Crippen LogP contribution >= 0.6 is 11.6 Å². The van der Waals surface area contributed by atoms with Crippen molar-refractivity contribution in [3.63, 3.8) is 0 Å². The van der Waals surface area contributed by atoms with Crippen LogP contribution in [0.3, 0.4) is 0 Å². The van der Waals surface area contributed by atoms with Crippen molar-refractivity contribution < 1.29 is 27.8 Å². The molecule has 232 valence electrons. The van der Waals surface area contributed by atoms with Crippen LogP contribution in [0.25, 0.3) is 11.1 Å². The molecule has 3 aliphatic rings. The predicted octanol–water partition coefficient (Wildman–Crippen LogP) is 6.30. The van der Waals surface area contributed by atoms with Crippen molar-refractivity contribution in [1.82, 2.24) is 10.2 Å². The Morgan fingerprint density at radius 3 is 2.52 bits per heavy atom. The molecule has 3 aromatic rings. The summed E-state index contributed by atoms with van der Waals surface area (Å²) in [6, 6.07) is 11.5. The lowest BCUT2D eigenvalue weighted by Crippen LogP contribution is -2.53. The van der Waals surface area contributed by atoms with E-state index in [1.165, 1.54) is 13.1 Å². The van der Waals surface area contributed by atoms with Gasteiger partial charge in [-0.05, 0) is 69.2 Å². The maximum atomic E-state index is 16.6. The summed E-state index contributed by atoms with van der Waals surface area (Å²) >= 11 is 6.70. The van der Waals surface area contributed by atoms with E-state index in [0.717, 1.165) is 5.56 Å². The molecule has 2 amide bonds. The maximum Gasteiger partial charge on any atom is 0.410 e. The molecule has 0 spiro atoms. The number of benzene rings is 3. The van der Waals surface area contributed by atoms with Crippen LogP contribution < -0.4 is 15.8 Å². The van der Waals surface area contributed by atoms with Gasteiger partial charge in [0.1, 0.15) is 23.0 Å². The van der Waals surface area contributed by atoms with E-state index < -0.39 is 40.9 Å². The maximum absolute atomic E-state index is 16.6. The standard InChI is InChI=1S/C34H36ClF2N3O4/c1-33(2,3)44-32(42)40-12-8-11-26(40)34(19-9-6-5-7-10-19)17-23-25(43-34)16-24(36)29(35)27(23)28-22(31(41)39-4)14-18-13-20(38)15-21(18)30(28)37/h5-7,9-10,14,16,20,26H,8,11-13,15,17,38H2,1-4H3,(H,39,41)/t20?,26-,34-/m0/s1. The van der Waals surface area contributed by atoms with Crippen LogP contribution in [0.1, 0.15) is 66.2 Å². The Hall–Kier alpha value is -3.69. The third-order valence-corrected chi connectivity index (χ3v) is 9.20. The number of likely N-dealkylation sites (tertiary alicyclic amines) is 1. The van der Waals surface area contributed by atoms with Crippen LogP contribution in [0.5, 0.6) is 5.75 Å². The van der Waals surface area contributed by atoms with Crippen LogP contribution in [0.15, 0.2) is 42.5 Å². The molecule has 0 radical (unpaired) electrons. The quantitative estimate of drug-likeness (QED) is 0.356. The van der Waals surface area contributed by atoms with Crippen LogP contribution in [0, 0.1) is 11.6 Å². The van der Waals surface area contributed by atoms with E-state index in [0.29, 0.717) is 42.5 Å². The molecule has 1 saturated heterocycles. The zero-order chi connectivity index (χ0) is 31.6. The Labute approximate surface area is 260 Å². The topological polar surface area (TPSA) is 93.9 Å². The number of hydrogen-bond acceptors (Lipinski definition) is 5. The van der Waals surface area contributed by atoms with Gasteiger partial charge in [-0.25, -0.2) is 13.6 Å². The van der Waals surface area contributed by atoms with Gasteiger partial charge in [0, 0.05) is 48.8 Å². The number of rotatable bonds is 4. The van der Waals surface area contributed by atoms with E-state index in [9.17, 15) is 9.59 Å². The molecule has 0 bridgehead atoms. The molecule has 0 aromatic heterocycles. The highest BCUT2D eigenvalue weighted by molar-refractivity contribution is 6.34. The second kappa shape index (κ2) is 11.0. The Balaban J connectivity index is 1.56. The zero-order valence-corrected chi connectivity index (χ0v) is 26.0. The molecule has 3 aromatic carbocycles. The molecular weight excluding hydrogens is 588 g/mol. The van der Waals surface area contributed by atoms with E-state index in [2.05, 4.69) is 5.32 Å². The van der Waals surface area contributed by atoms with Crippen LogP contribution in [0.2, 0.25) is 5.02 Å². The van der Waals surface area contributed by atoms with E-state index in [1.807, 2.05) is 51.1 Å². The minimum Gasteiger partial charge on any atom is -0.480 e. The van der Waals surface area contributed by atoms with Gasteiger partial charge in [0.25, 0.3) is 5.91 Å². The number of amides is 2. The Morgan fingerprint density at radius 2 is 1.84 bits per heavy atom. The largest absolute Gasteiger partial charge is 0.480 e. The average Bonchev–Trinajstić information content (AvgIpc) is 3.71. The van der Waals surface area contributed by atoms with E-state index in [1.54, 1.807) is 11.0 Å². The summed E-state index contributed by atoms with van der Waals surface area (Å²) in [6.45, 7) is 5.88. The van der Waals surface area contributed by atoms with Crippen molar-refractivity contribution in [3.05, 3.63) is 86.9 Å². The monoisotopic (exact) mass is 623 g/mol. The number of halogens is 3. The molecule has 2 aliphatic heterocycles. The number of carbonyl (C=O) groups is 2. The number of nitrogens with zero attached hydrogens (tertiary/aromatic N) is 1. The summed E-state index contributed by atoms with van der Waals surface area (Å²) in [5.74, 6) is -1.80. The molecular formula is C34H36ClF2N3O4. The van der Waals surface area contributed by atoms with E-state index in [4.69, 9.17) is 26.8 Å². The van der Waals surface area contributed by atoms with Crippen molar-refractivity contribution >= 4 is 23.6 Å². The van der Waals surface area contributed by atoms with Gasteiger partial charge in [-0.3, -0.25) is 4.79 Å². The fourth-order valence-electron chi connectivity index (χ4n) is 7.03. The zero-order valence-electron chi connectivity index (χ0n) is 25.2. The van der Waals surface area contributed by atoms with E-state index >= 15 is 8.78 Å². The smallest absolute Gasteiger partial charge is 0.410 e. The Bertz CT molecular complexity index is 1660.